The van der Waals surface area contributed by atoms with Gasteiger partial charge in [-0.3, -0.25) is 4.79 Å². The second-order valence-electron chi connectivity index (χ2n) is 10.3. The Kier molecular flexibility index (Phi) is 15.8. The topological polar surface area (TPSA) is 41.6 Å². The van der Waals surface area contributed by atoms with E-state index in [0.717, 1.165) is 36.4 Å². The van der Waals surface area contributed by atoms with Crippen molar-refractivity contribution in [2.75, 3.05) is 13.2 Å². The normalized spacial score (nSPS) is 14.9. The van der Waals surface area contributed by atoms with Crippen molar-refractivity contribution in [1.82, 2.24) is 10.2 Å². The smallest absolute Gasteiger partial charge is 0.246 e. The van der Waals surface area contributed by atoms with Crippen LogP contribution >= 0.6 is 0 Å². The Morgan fingerprint density at radius 3 is 2.06 bits per heavy atom. The highest BCUT2D eigenvalue weighted by Crippen LogP contribution is 2.19. The van der Waals surface area contributed by atoms with E-state index in [9.17, 15) is 4.79 Å². The van der Waals surface area contributed by atoms with Crippen LogP contribution in [0.15, 0.2) is 42.6 Å². The van der Waals surface area contributed by atoms with Gasteiger partial charge in [0.05, 0.1) is 6.61 Å². The molecule has 0 aromatic heterocycles. The molecule has 4 heteroatoms. The van der Waals surface area contributed by atoms with Gasteiger partial charge in [-0.15, -0.1) is 0 Å². The Bertz CT molecular complexity index is 786. The van der Waals surface area contributed by atoms with E-state index in [1.165, 1.54) is 83.5 Å². The van der Waals surface area contributed by atoms with Crippen molar-refractivity contribution in [3.05, 3.63) is 53.8 Å². The number of allylic oxidation sites excluding steroid dienone is 2. The molecule has 202 valence electrons. The third-order valence-electron chi connectivity index (χ3n) is 7.21. The maximum absolute atomic E-state index is 12.6. The van der Waals surface area contributed by atoms with E-state index in [1.54, 1.807) is 0 Å². The van der Waals surface area contributed by atoms with Crippen LogP contribution < -0.4 is 10.1 Å². The Labute approximate surface area is 221 Å². The highest BCUT2D eigenvalue weighted by atomic mass is 16.5. The molecule has 2 rings (SSSR count). The summed E-state index contributed by atoms with van der Waals surface area (Å²) in [5, 5.41) is 3.09. The zero-order valence-corrected chi connectivity index (χ0v) is 23.4. The van der Waals surface area contributed by atoms with E-state index in [-0.39, 0.29) is 11.9 Å². The van der Waals surface area contributed by atoms with Crippen molar-refractivity contribution in [3.63, 3.8) is 0 Å². The highest BCUT2D eigenvalue weighted by molar-refractivity contribution is 5.84. The molecule has 1 aromatic rings. The van der Waals surface area contributed by atoms with E-state index in [0.29, 0.717) is 6.54 Å². The molecule has 0 aliphatic carbocycles. The third kappa shape index (κ3) is 12.1. The zero-order chi connectivity index (χ0) is 25.8. The first-order chi connectivity index (χ1) is 17.7. The van der Waals surface area contributed by atoms with Crippen molar-refractivity contribution in [2.45, 2.75) is 123 Å². The molecule has 0 fully saturated rings. The second kappa shape index (κ2) is 19.0. The molecule has 4 nitrogen and oxygen atoms in total. The van der Waals surface area contributed by atoms with Crippen LogP contribution in [0, 0.1) is 6.92 Å². The largest absolute Gasteiger partial charge is 0.494 e. The van der Waals surface area contributed by atoms with Gasteiger partial charge in [0.2, 0.25) is 5.91 Å². The molecule has 1 aliphatic rings. The van der Waals surface area contributed by atoms with Gasteiger partial charge in [-0.2, -0.15) is 0 Å². The minimum Gasteiger partial charge on any atom is -0.494 e. The van der Waals surface area contributed by atoms with E-state index in [4.69, 9.17) is 4.74 Å². The molecule has 0 spiro atoms. The Hall–Kier alpha value is -2.23. The summed E-state index contributed by atoms with van der Waals surface area (Å²) in [5.41, 5.74) is 2.28. The van der Waals surface area contributed by atoms with Gasteiger partial charge in [0.1, 0.15) is 11.8 Å². The molecule has 0 saturated heterocycles. The Balaban J connectivity index is 1.50. The number of rotatable bonds is 20. The minimum atomic E-state index is -0.229. The maximum Gasteiger partial charge on any atom is 0.246 e. The molecule has 1 heterocycles. The van der Waals surface area contributed by atoms with E-state index in [2.05, 4.69) is 38.2 Å². The third-order valence-corrected chi connectivity index (χ3v) is 7.21. The van der Waals surface area contributed by atoms with Crippen LogP contribution in [0.4, 0.5) is 0 Å². The van der Waals surface area contributed by atoms with Gasteiger partial charge in [-0.05, 0) is 49.6 Å². The number of carbonyl (C=O) groups is 1. The summed E-state index contributed by atoms with van der Waals surface area (Å²) in [5.74, 6) is 0.963. The Morgan fingerprint density at radius 2 is 1.47 bits per heavy atom. The van der Waals surface area contributed by atoms with Crippen LogP contribution in [0.3, 0.4) is 0 Å². The number of hydrogen-bond acceptors (Lipinski definition) is 3. The molecule has 0 bridgehead atoms. The van der Waals surface area contributed by atoms with Crippen molar-refractivity contribution in [1.29, 1.82) is 0 Å². The molecule has 1 aromatic carbocycles. The fourth-order valence-corrected chi connectivity index (χ4v) is 4.80. The highest BCUT2D eigenvalue weighted by Gasteiger charge is 2.21. The monoisotopic (exact) mass is 496 g/mol. The lowest BCUT2D eigenvalue weighted by atomic mass is 10.0. The fourth-order valence-electron chi connectivity index (χ4n) is 4.80. The number of nitrogens with one attached hydrogen (secondary N) is 1. The number of carbonyl (C=O) groups excluding carboxylic acids is 1. The zero-order valence-electron chi connectivity index (χ0n) is 23.4. The van der Waals surface area contributed by atoms with Gasteiger partial charge in [0, 0.05) is 19.3 Å². The fraction of sp³-hybridized carbons (Fsp3) is 0.656. The summed E-state index contributed by atoms with van der Waals surface area (Å²) in [6.07, 6.45) is 27.0. The summed E-state index contributed by atoms with van der Waals surface area (Å²) in [6, 6.07) is 5.96. The van der Waals surface area contributed by atoms with Gasteiger partial charge < -0.3 is 15.0 Å². The van der Waals surface area contributed by atoms with Crippen LogP contribution in [-0.4, -0.2) is 30.0 Å². The van der Waals surface area contributed by atoms with Gasteiger partial charge in [0.15, 0.2) is 0 Å². The SMILES string of the molecule is CCCCCCCCCCCCCCCCOc1ccc(CNC(=O)C2C=CC=CN2CC)c(C)c1. The van der Waals surface area contributed by atoms with Crippen LogP contribution in [0.5, 0.6) is 5.75 Å². The first-order valence-electron chi connectivity index (χ1n) is 14.8. The lowest BCUT2D eigenvalue weighted by Crippen LogP contribution is -2.43. The van der Waals surface area contributed by atoms with Crippen LogP contribution in [-0.2, 0) is 11.3 Å². The minimum absolute atomic E-state index is 0.0370. The van der Waals surface area contributed by atoms with Crippen LogP contribution in [0.2, 0.25) is 0 Å². The average molecular weight is 497 g/mol. The van der Waals surface area contributed by atoms with E-state index >= 15 is 0 Å². The summed E-state index contributed by atoms with van der Waals surface area (Å²) < 4.78 is 5.99. The quantitative estimate of drug-likeness (QED) is 0.185. The lowest BCUT2D eigenvalue weighted by Gasteiger charge is -2.28. The summed E-state index contributed by atoms with van der Waals surface area (Å²) in [7, 11) is 0. The molecule has 1 amide bonds. The molecule has 0 saturated carbocycles. The molecule has 1 N–H and O–H groups in total. The summed E-state index contributed by atoms with van der Waals surface area (Å²) >= 11 is 0. The van der Waals surface area contributed by atoms with Gasteiger partial charge in [0.25, 0.3) is 0 Å². The van der Waals surface area contributed by atoms with Crippen molar-refractivity contribution in [2.24, 2.45) is 0 Å². The predicted molar refractivity (Wildman–Crippen MR) is 153 cm³/mol. The molecule has 36 heavy (non-hydrogen) atoms. The van der Waals surface area contributed by atoms with Gasteiger partial charge in [-0.25, -0.2) is 0 Å². The molecular weight excluding hydrogens is 444 g/mol. The molecule has 1 aliphatic heterocycles. The Morgan fingerprint density at radius 1 is 0.861 bits per heavy atom. The average Bonchev–Trinajstić information content (AvgIpc) is 2.90. The predicted octanol–water partition coefficient (Wildman–Crippen LogP) is 8.25. The van der Waals surface area contributed by atoms with Crippen LogP contribution in [0.1, 0.15) is 115 Å². The van der Waals surface area contributed by atoms with E-state index < -0.39 is 0 Å². The summed E-state index contributed by atoms with van der Waals surface area (Å²) in [4.78, 5) is 14.7. The molecule has 1 unspecified atom stereocenters. The van der Waals surface area contributed by atoms with E-state index in [1.807, 2.05) is 35.4 Å². The van der Waals surface area contributed by atoms with Crippen molar-refractivity contribution < 1.29 is 9.53 Å². The second-order valence-corrected chi connectivity index (χ2v) is 10.3. The maximum atomic E-state index is 12.6. The molecular formula is C32H52N2O2. The number of aryl methyl sites for hydroxylation is 1. The summed E-state index contributed by atoms with van der Waals surface area (Å²) in [6.45, 7) is 8.56. The first kappa shape index (κ1) is 30.0. The standard InChI is InChI=1S/C32H52N2O2/c1-4-6-7-8-9-10-11-12-13-14-15-16-17-20-25-36-30-23-22-29(28(3)26-30)27-33-32(35)31-21-18-19-24-34(31)5-2/h18-19,21-24,26,31H,4-17,20,25,27H2,1-3H3,(H,33,35). The number of ether oxygens (including phenoxy) is 1. The first-order valence-corrected chi connectivity index (χ1v) is 14.8. The van der Waals surface area contributed by atoms with Crippen molar-refractivity contribution >= 4 is 5.91 Å². The number of likely N-dealkylation sites (N-methyl/N-ethyl adjacent to an activating group) is 1. The molecule has 1 atom stereocenters. The number of unbranched alkanes of at least 4 members (excludes halogenated alkanes) is 13. The number of benzene rings is 1. The molecule has 0 radical (unpaired) electrons. The van der Waals surface area contributed by atoms with Gasteiger partial charge in [-0.1, -0.05) is 109 Å². The number of amides is 1. The number of hydrogen-bond donors (Lipinski definition) is 1. The van der Waals surface area contributed by atoms with Crippen LogP contribution in [0.25, 0.3) is 0 Å². The van der Waals surface area contributed by atoms with Crippen molar-refractivity contribution in [3.8, 4) is 5.75 Å². The lowest BCUT2D eigenvalue weighted by molar-refractivity contribution is -0.124. The van der Waals surface area contributed by atoms with Gasteiger partial charge >= 0.3 is 0 Å². The number of nitrogens with zero attached hydrogens (tertiary/aromatic N) is 1.